The summed E-state index contributed by atoms with van der Waals surface area (Å²) < 4.78 is 71.6. The number of fused-ring (bicyclic) bond motifs is 7. The lowest BCUT2D eigenvalue weighted by molar-refractivity contribution is 0.0122. The molecule has 0 aliphatic carbocycles. The van der Waals surface area contributed by atoms with Crippen molar-refractivity contribution in [2.75, 3.05) is 43.0 Å². The number of carbonyl (C=O) groups excluding carboxylic acids is 2. The summed E-state index contributed by atoms with van der Waals surface area (Å²) in [5.74, 6) is -0.655. The molecule has 7 heterocycles. The van der Waals surface area contributed by atoms with Gasteiger partial charge in [-0.1, -0.05) is 6.07 Å². The van der Waals surface area contributed by atoms with Gasteiger partial charge in [0.25, 0.3) is 0 Å². The molecule has 2 aromatic carbocycles. The fraction of sp³-hybridized carbons (Fsp3) is 0.489. The highest BCUT2D eigenvalue weighted by molar-refractivity contribution is 7.23. The van der Waals surface area contributed by atoms with Gasteiger partial charge in [-0.3, -0.25) is 15.1 Å². The first-order valence-electron chi connectivity index (χ1n) is 20.9. The molecule has 1 N–H and O–H groups in total. The Morgan fingerprint density at radius 2 is 1.81 bits per heavy atom. The molecule has 0 saturated carbocycles. The van der Waals surface area contributed by atoms with Gasteiger partial charge >= 0.3 is 18.2 Å². The summed E-state index contributed by atoms with van der Waals surface area (Å²) in [4.78, 5) is 42.2. The third-order valence-electron chi connectivity index (χ3n) is 12.1. The molecule has 0 unspecified atom stereocenters. The van der Waals surface area contributed by atoms with E-state index in [2.05, 4.69) is 16.3 Å². The molecule has 2 amide bonds. The number of aryl methyl sites for hydroxylation is 1. The van der Waals surface area contributed by atoms with Crippen molar-refractivity contribution in [3.63, 3.8) is 0 Å². The maximum absolute atomic E-state index is 18.0. The number of ether oxygens (including phenoxy) is 3. The number of hydrogen-bond donors (Lipinski definition) is 1. The molecule has 4 aliphatic rings. The number of halogens is 3. The van der Waals surface area contributed by atoms with Gasteiger partial charge in [0.1, 0.15) is 57.4 Å². The van der Waals surface area contributed by atoms with Crippen LogP contribution in [0.3, 0.4) is 0 Å². The highest BCUT2D eigenvalue weighted by Crippen LogP contribution is 2.49. The molecular formula is C45H48F3N7O6S. The van der Waals surface area contributed by atoms with Crippen LogP contribution < -0.4 is 15.0 Å². The van der Waals surface area contributed by atoms with E-state index in [0.717, 1.165) is 43.6 Å². The fourth-order valence-electron chi connectivity index (χ4n) is 9.78. The Bertz CT molecular complexity index is 2740. The second-order valence-corrected chi connectivity index (χ2v) is 19.9. The van der Waals surface area contributed by atoms with Crippen molar-refractivity contribution in [2.24, 2.45) is 0 Å². The highest BCUT2D eigenvalue weighted by Gasteiger charge is 2.48. The van der Waals surface area contributed by atoms with Gasteiger partial charge in [-0.25, -0.2) is 22.8 Å². The Kier molecular flexibility index (Phi) is 10.1. The number of rotatable bonds is 6. The van der Waals surface area contributed by atoms with E-state index in [1.54, 1.807) is 33.8 Å². The van der Waals surface area contributed by atoms with Crippen molar-refractivity contribution >= 4 is 66.3 Å². The minimum atomic E-state index is -0.850. The smallest absolute Gasteiger partial charge is 0.412 e. The molecule has 4 aliphatic heterocycles. The van der Waals surface area contributed by atoms with Crippen molar-refractivity contribution in [2.45, 2.75) is 109 Å². The van der Waals surface area contributed by atoms with Crippen LogP contribution in [0.1, 0.15) is 85.0 Å². The molecular weight excluding hydrogens is 824 g/mol. The SMILES string of the molecule is Cc1cc2c(o1)c(-c1ccc(F)c3sc(NC(=O)OC(C)(C)C)c(C#N)c13)c(F)c1nc(OC[C@@]34CCCN3C/C(=C\F)C4)nc(N3C[C@H]4CC[C@@H](C3)N4C(=O)OC(C)(C)C)c12. The number of amides is 2. The Morgan fingerprint density at radius 3 is 2.48 bits per heavy atom. The van der Waals surface area contributed by atoms with Crippen LogP contribution in [-0.2, 0) is 9.47 Å². The standard InChI is InChI=1S/C45H48F3N7O6S/c1-23-15-28-33-35(34(48)32(36(28)59-23)27-11-12-30(47)37-31(27)29(18-49)39(62-37)52-41(56)60-43(2,3)4)50-40(58-22-45-13-8-14-54(45)19-24(16-45)17-46)51-38(33)53-20-25-9-10-26(21-53)55(25)42(57)61-44(5,6)7/h11-12,15,17,25-26H,8-10,13-14,16,19-22H2,1-7H3,(H,52,56)/b24-17-/t25-,26+,45-/m0/s1. The fourth-order valence-corrected chi connectivity index (χ4v) is 10.9. The topological polar surface area (TPSA) is 146 Å². The van der Waals surface area contributed by atoms with Crippen LogP contribution in [0.4, 0.5) is 33.6 Å². The number of carbonyl (C=O) groups is 2. The second kappa shape index (κ2) is 15.0. The number of nitriles is 1. The van der Waals surface area contributed by atoms with Gasteiger partial charge in [-0.15, -0.1) is 11.3 Å². The number of benzene rings is 2. The summed E-state index contributed by atoms with van der Waals surface area (Å²) in [6.45, 7) is 14.5. The summed E-state index contributed by atoms with van der Waals surface area (Å²) in [5.41, 5.74) is -1.28. The maximum Gasteiger partial charge on any atom is 0.412 e. The Hall–Kier alpha value is -5.60. The van der Waals surface area contributed by atoms with Gasteiger partial charge in [-0.05, 0) is 110 Å². The molecule has 0 spiro atoms. The van der Waals surface area contributed by atoms with Gasteiger partial charge < -0.3 is 23.5 Å². The van der Waals surface area contributed by atoms with Gasteiger partial charge in [0, 0.05) is 30.4 Å². The van der Waals surface area contributed by atoms with Crippen LogP contribution in [0.25, 0.3) is 43.1 Å². The predicted octanol–water partition coefficient (Wildman–Crippen LogP) is 10.1. The molecule has 62 heavy (non-hydrogen) atoms. The van der Waals surface area contributed by atoms with E-state index >= 15 is 8.78 Å². The van der Waals surface area contributed by atoms with Crippen LogP contribution in [-0.4, -0.2) is 93.6 Å². The van der Waals surface area contributed by atoms with Crippen molar-refractivity contribution in [1.29, 1.82) is 5.26 Å². The summed E-state index contributed by atoms with van der Waals surface area (Å²) in [5, 5.41) is 14.1. The minimum absolute atomic E-state index is 0.0189. The molecule has 13 nitrogen and oxygen atoms in total. The average Bonchev–Trinajstić information content (AvgIpc) is 3.99. The first kappa shape index (κ1) is 41.7. The zero-order valence-electron chi connectivity index (χ0n) is 35.7. The molecule has 2 bridgehead atoms. The molecule has 0 radical (unpaired) electrons. The molecule has 326 valence electrons. The predicted molar refractivity (Wildman–Crippen MR) is 229 cm³/mol. The van der Waals surface area contributed by atoms with E-state index in [1.807, 2.05) is 30.6 Å². The lowest BCUT2D eigenvalue weighted by Gasteiger charge is -2.42. The van der Waals surface area contributed by atoms with Crippen LogP contribution in [0.5, 0.6) is 6.01 Å². The first-order valence-corrected chi connectivity index (χ1v) is 21.7. The quantitative estimate of drug-likeness (QED) is 0.174. The van der Waals surface area contributed by atoms with Crippen molar-refractivity contribution in [3.05, 3.63) is 53.1 Å². The number of hydrogen-bond acceptors (Lipinski definition) is 12. The monoisotopic (exact) mass is 871 g/mol. The minimum Gasteiger partial charge on any atom is -0.461 e. The number of nitrogens with zero attached hydrogens (tertiary/aromatic N) is 6. The maximum atomic E-state index is 18.0. The molecule has 4 saturated heterocycles. The van der Waals surface area contributed by atoms with Crippen LogP contribution >= 0.6 is 11.3 Å². The van der Waals surface area contributed by atoms with Crippen LogP contribution in [0, 0.1) is 29.9 Å². The van der Waals surface area contributed by atoms with E-state index in [9.17, 15) is 19.2 Å². The number of furan rings is 1. The average molecular weight is 872 g/mol. The summed E-state index contributed by atoms with van der Waals surface area (Å²) in [6, 6.07) is 5.94. The van der Waals surface area contributed by atoms with Gasteiger partial charge in [0.15, 0.2) is 5.82 Å². The summed E-state index contributed by atoms with van der Waals surface area (Å²) in [7, 11) is 0. The summed E-state index contributed by atoms with van der Waals surface area (Å²) >= 11 is 0.837. The van der Waals surface area contributed by atoms with Gasteiger partial charge in [-0.2, -0.15) is 15.2 Å². The number of thiophene rings is 1. The zero-order chi connectivity index (χ0) is 44.0. The van der Waals surface area contributed by atoms with Gasteiger partial charge in [0.2, 0.25) is 0 Å². The Morgan fingerprint density at radius 1 is 1.08 bits per heavy atom. The largest absolute Gasteiger partial charge is 0.461 e. The lowest BCUT2D eigenvalue weighted by atomic mass is 9.94. The van der Waals surface area contributed by atoms with Crippen LogP contribution in [0.15, 0.2) is 34.5 Å². The normalized spacial score (nSPS) is 22.2. The second-order valence-electron chi connectivity index (χ2n) is 18.8. The van der Waals surface area contributed by atoms with Gasteiger partial charge in [0.05, 0.1) is 45.2 Å². The third-order valence-corrected chi connectivity index (χ3v) is 13.2. The van der Waals surface area contributed by atoms with Crippen molar-refractivity contribution < 1.29 is 41.4 Å². The van der Waals surface area contributed by atoms with Crippen molar-refractivity contribution in [3.8, 4) is 23.2 Å². The van der Waals surface area contributed by atoms with Crippen LogP contribution in [0.2, 0.25) is 0 Å². The number of piperazine rings is 1. The number of aromatic nitrogens is 2. The molecule has 4 fully saturated rings. The molecule has 3 aromatic heterocycles. The third kappa shape index (κ3) is 7.24. The van der Waals surface area contributed by atoms with E-state index in [1.165, 1.54) is 12.1 Å². The van der Waals surface area contributed by atoms with E-state index in [4.69, 9.17) is 28.6 Å². The lowest BCUT2D eigenvalue weighted by Crippen LogP contribution is -2.57. The highest BCUT2D eigenvalue weighted by atomic mass is 32.1. The number of nitrogens with one attached hydrogen (secondary N) is 1. The first-order chi connectivity index (χ1) is 29.4. The zero-order valence-corrected chi connectivity index (χ0v) is 36.5. The molecule has 5 aromatic rings. The van der Waals surface area contributed by atoms with Crippen molar-refractivity contribution in [1.82, 2.24) is 19.8 Å². The number of anilines is 2. The van der Waals surface area contributed by atoms with E-state index in [-0.39, 0.29) is 73.7 Å². The Balaban J connectivity index is 1.22. The van der Waals surface area contributed by atoms with E-state index < -0.39 is 34.5 Å². The van der Waals surface area contributed by atoms with E-state index in [0.29, 0.717) is 60.3 Å². The summed E-state index contributed by atoms with van der Waals surface area (Å²) in [6.07, 6.45) is 3.10. The molecule has 9 rings (SSSR count). The Labute approximate surface area is 360 Å². The molecule has 3 atom stereocenters. The molecule has 17 heteroatoms.